The van der Waals surface area contributed by atoms with Crippen molar-refractivity contribution in [2.75, 3.05) is 21.3 Å². The smallest absolute Gasteiger partial charge is 0.203 e. The predicted octanol–water partition coefficient (Wildman–Crippen LogP) is 2.45. The first-order chi connectivity index (χ1) is 12.0. The standard InChI is InChI=1S/C18H18O7/c1-22-12-5-4-9(6-13(12)23-2)17-18(24-3)16(21)15-11(20)7-10(19)8-14(15)25-17/h4-8,17-20H,1-3H3/t17-,18-/m1/s1. The number of hydrogen-bond donors (Lipinski definition) is 2. The summed E-state index contributed by atoms with van der Waals surface area (Å²) >= 11 is 0. The van der Waals surface area contributed by atoms with Crippen molar-refractivity contribution in [1.82, 2.24) is 0 Å². The highest BCUT2D eigenvalue weighted by Crippen LogP contribution is 2.43. The number of hydrogen-bond acceptors (Lipinski definition) is 7. The van der Waals surface area contributed by atoms with Crippen LogP contribution in [0.25, 0.3) is 0 Å². The van der Waals surface area contributed by atoms with Crippen molar-refractivity contribution >= 4 is 5.78 Å². The molecule has 3 rings (SSSR count). The van der Waals surface area contributed by atoms with Crippen LogP contribution >= 0.6 is 0 Å². The molecule has 0 unspecified atom stereocenters. The Bertz CT molecular complexity index is 815. The number of carbonyl (C=O) groups excluding carboxylic acids is 1. The number of rotatable bonds is 4. The number of ketones is 1. The van der Waals surface area contributed by atoms with E-state index in [1.807, 2.05) is 0 Å². The van der Waals surface area contributed by atoms with E-state index in [2.05, 4.69) is 0 Å². The molecule has 0 bridgehead atoms. The van der Waals surface area contributed by atoms with Gasteiger partial charge in [-0.25, -0.2) is 0 Å². The Kier molecular flexibility index (Phi) is 4.41. The lowest BCUT2D eigenvalue weighted by atomic mass is 9.92. The molecule has 1 heterocycles. The Balaban J connectivity index is 2.09. The van der Waals surface area contributed by atoms with Gasteiger partial charge in [0.05, 0.1) is 14.2 Å². The number of phenolic OH excluding ortho intramolecular Hbond substituents is 2. The van der Waals surface area contributed by atoms with E-state index in [4.69, 9.17) is 18.9 Å². The van der Waals surface area contributed by atoms with Gasteiger partial charge >= 0.3 is 0 Å². The van der Waals surface area contributed by atoms with Crippen LogP contribution in [0.5, 0.6) is 28.7 Å². The van der Waals surface area contributed by atoms with Gasteiger partial charge in [0.15, 0.2) is 23.7 Å². The maximum atomic E-state index is 12.7. The molecule has 0 radical (unpaired) electrons. The number of phenols is 2. The molecule has 2 aromatic rings. The monoisotopic (exact) mass is 346 g/mol. The molecule has 7 heteroatoms. The molecule has 1 aliphatic heterocycles. The number of aromatic hydroxyl groups is 2. The van der Waals surface area contributed by atoms with Gasteiger partial charge in [-0.15, -0.1) is 0 Å². The molecule has 0 fully saturated rings. The predicted molar refractivity (Wildman–Crippen MR) is 87.8 cm³/mol. The zero-order valence-electron chi connectivity index (χ0n) is 14.0. The number of fused-ring (bicyclic) bond motifs is 1. The molecule has 0 aromatic heterocycles. The molecule has 25 heavy (non-hydrogen) atoms. The molecule has 0 aliphatic carbocycles. The van der Waals surface area contributed by atoms with Crippen LogP contribution < -0.4 is 14.2 Å². The summed E-state index contributed by atoms with van der Waals surface area (Å²) in [5.41, 5.74) is 0.618. The van der Waals surface area contributed by atoms with Crippen LogP contribution in [-0.4, -0.2) is 43.4 Å². The van der Waals surface area contributed by atoms with E-state index in [0.29, 0.717) is 17.1 Å². The first-order valence-corrected chi connectivity index (χ1v) is 7.51. The summed E-state index contributed by atoms with van der Waals surface area (Å²) in [5.74, 6) is 0.129. The summed E-state index contributed by atoms with van der Waals surface area (Å²) in [6, 6.07) is 7.50. The summed E-state index contributed by atoms with van der Waals surface area (Å²) in [6.07, 6.45) is -1.73. The van der Waals surface area contributed by atoms with Crippen LogP contribution in [-0.2, 0) is 4.74 Å². The Morgan fingerprint density at radius 1 is 1.00 bits per heavy atom. The fraction of sp³-hybridized carbons (Fsp3) is 0.278. The summed E-state index contributed by atoms with van der Waals surface area (Å²) in [6.45, 7) is 0. The van der Waals surface area contributed by atoms with Crippen LogP contribution in [0.4, 0.5) is 0 Å². The average Bonchev–Trinajstić information content (AvgIpc) is 2.60. The van der Waals surface area contributed by atoms with Crippen LogP contribution in [0.2, 0.25) is 0 Å². The van der Waals surface area contributed by atoms with E-state index >= 15 is 0 Å². The van der Waals surface area contributed by atoms with Gasteiger partial charge in [0.25, 0.3) is 0 Å². The molecule has 7 nitrogen and oxygen atoms in total. The number of Topliss-reactive ketones (excluding diaryl/α,β-unsaturated/α-hetero) is 1. The lowest BCUT2D eigenvalue weighted by Crippen LogP contribution is -2.37. The van der Waals surface area contributed by atoms with Crippen LogP contribution in [0.1, 0.15) is 22.0 Å². The Morgan fingerprint density at radius 2 is 1.72 bits per heavy atom. The number of benzene rings is 2. The molecule has 1 aliphatic rings. The van der Waals surface area contributed by atoms with Crippen molar-refractivity contribution in [1.29, 1.82) is 0 Å². The highest BCUT2D eigenvalue weighted by Gasteiger charge is 2.40. The molecular formula is C18H18O7. The Labute approximate surface area is 144 Å². The van der Waals surface area contributed by atoms with E-state index in [-0.39, 0.29) is 22.8 Å². The van der Waals surface area contributed by atoms with Gasteiger partial charge in [-0.1, -0.05) is 6.07 Å². The topological polar surface area (TPSA) is 94.5 Å². The maximum absolute atomic E-state index is 12.7. The van der Waals surface area contributed by atoms with E-state index < -0.39 is 18.0 Å². The average molecular weight is 346 g/mol. The summed E-state index contributed by atoms with van der Waals surface area (Å²) < 4.78 is 21.7. The zero-order valence-corrected chi connectivity index (χ0v) is 14.0. The largest absolute Gasteiger partial charge is 0.508 e. The summed E-state index contributed by atoms with van der Waals surface area (Å²) in [4.78, 5) is 12.7. The normalized spacial score (nSPS) is 19.1. The van der Waals surface area contributed by atoms with Gasteiger partial charge in [-0.2, -0.15) is 0 Å². The first-order valence-electron chi connectivity index (χ1n) is 7.51. The van der Waals surface area contributed by atoms with Crippen LogP contribution in [0.15, 0.2) is 30.3 Å². The molecule has 2 aromatic carbocycles. The minimum atomic E-state index is -0.957. The quantitative estimate of drug-likeness (QED) is 0.878. The van der Waals surface area contributed by atoms with Gasteiger partial charge in [0.1, 0.15) is 22.8 Å². The molecule has 0 saturated heterocycles. The second-order valence-corrected chi connectivity index (χ2v) is 5.51. The summed E-state index contributed by atoms with van der Waals surface area (Å²) in [5, 5.41) is 19.6. The fourth-order valence-electron chi connectivity index (χ4n) is 2.91. The highest BCUT2D eigenvalue weighted by molar-refractivity contribution is 6.05. The maximum Gasteiger partial charge on any atom is 0.203 e. The molecule has 0 amide bonds. The molecule has 0 spiro atoms. The van der Waals surface area contributed by atoms with Crippen molar-refractivity contribution in [3.05, 3.63) is 41.5 Å². The van der Waals surface area contributed by atoms with E-state index in [0.717, 1.165) is 6.07 Å². The van der Waals surface area contributed by atoms with Crippen molar-refractivity contribution in [3.63, 3.8) is 0 Å². The second-order valence-electron chi connectivity index (χ2n) is 5.51. The van der Waals surface area contributed by atoms with Gasteiger partial charge in [-0.3, -0.25) is 4.79 Å². The van der Waals surface area contributed by atoms with Crippen LogP contribution in [0.3, 0.4) is 0 Å². The molecule has 0 saturated carbocycles. The second kappa shape index (κ2) is 6.52. The molecule has 2 N–H and O–H groups in total. The van der Waals surface area contributed by atoms with Crippen molar-refractivity contribution in [2.24, 2.45) is 0 Å². The van der Waals surface area contributed by atoms with Gasteiger partial charge in [-0.05, 0) is 17.7 Å². The Hall–Kier alpha value is -2.93. The Morgan fingerprint density at radius 3 is 2.36 bits per heavy atom. The van der Waals surface area contributed by atoms with Crippen LogP contribution in [0, 0.1) is 0 Å². The van der Waals surface area contributed by atoms with E-state index in [1.54, 1.807) is 18.2 Å². The van der Waals surface area contributed by atoms with Crippen molar-refractivity contribution in [3.8, 4) is 28.7 Å². The minimum Gasteiger partial charge on any atom is -0.508 e. The van der Waals surface area contributed by atoms with Gasteiger partial charge in [0, 0.05) is 19.2 Å². The highest BCUT2D eigenvalue weighted by atomic mass is 16.5. The van der Waals surface area contributed by atoms with Crippen molar-refractivity contribution in [2.45, 2.75) is 12.2 Å². The fourth-order valence-corrected chi connectivity index (χ4v) is 2.91. The van der Waals surface area contributed by atoms with Gasteiger partial charge < -0.3 is 29.2 Å². The molecule has 132 valence electrons. The minimum absolute atomic E-state index is 0.0126. The molecule has 2 atom stereocenters. The zero-order chi connectivity index (χ0) is 18.1. The third-order valence-corrected chi connectivity index (χ3v) is 4.09. The number of carbonyl (C=O) groups is 1. The molecular weight excluding hydrogens is 328 g/mol. The van der Waals surface area contributed by atoms with E-state index in [9.17, 15) is 15.0 Å². The number of methoxy groups -OCH3 is 3. The lowest BCUT2D eigenvalue weighted by Gasteiger charge is -2.32. The number of ether oxygens (including phenoxy) is 4. The third-order valence-electron chi connectivity index (χ3n) is 4.09. The summed E-state index contributed by atoms with van der Waals surface area (Å²) in [7, 11) is 4.42. The first kappa shape index (κ1) is 16.9. The van der Waals surface area contributed by atoms with Gasteiger partial charge in [0.2, 0.25) is 5.78 Å². The SMILES string of the molecule is COc1ccc([C@H]2Oc3cc(O)cc(O)c3C(=O)[C@H]2OC)cc1OC. The van der Waals surface area contributed by atoms with E-state index in [1.165, 1.54) is 27.4 Å². The third kappa shape index (κ3) is 2.83. The van der Waals surface area contributed by atoms with Crippen molar-refractivity contribution < 1.29 is 34.0 Å². The lowest BCUT2D eigenvalue weighted by molar-refractivity contribution is -0.00115.